The summed E-state index contributed by atoms with van der Waals surface area (Å²) in [5.74, 6) is -0.0391. The van der Waals surface area contributed by atoms with Gasteiger partial charge in [0, 0.05) is 6.04 Å². The molecule has 0 radical (unpaired) electrons. The quantitative estimate of drug-likeness (QED) is 0.866. The Balaban J connectivity index is 2.24. The van der Waals surface area contributed by atoms with Crippen molar-refractivity contribution in [3.8, 4) is 0 Å². The molecule has 1 fully saturated rings. The highest BCUT2D eigenvalue weighted by atomic mass is 35.5. The first-order valence-electron chi connectivity index (χ1n) is 6.33. The Labute approximate surface area is 127 Å². The van der Waals surface area contributed by atoms with E-state index in [0.717, 1.165) is 31.2 Å². The molecule has 2 rings (SSSR count). The molecule has 0 atom stereocenters. The van der Waals surface area contributed by atoms with Gasteiger partial charge in [0.05, 0.1) is 16.6 Å². The lowest BCUT2D eigenvalue weighted by Gasteiger charge is -2.28. The normalized spacial score (nSPS) is 15.7. The molecule has 0 unspecified atom stereocenters. The first kappa shape index (κ1) is 14.8. The molecule has 104 valence electrons. The lowest BCUT2D eigenvalue weighted by atomic mass is 10.2. The van der Waals surface area contributed by atoms with E-state index >= 15 is 0 Å². The van der Waals surface area contributed by atoms with Crippen molar-refractivity contribution in [3.05, 3.63) is 20.8 Å². The number of thiophene rings is 1. The third-order valence-corrected chi connectivity index (χ3v) is 5.26. The highest BCUT2D eigenvalue weighted by Crippen LogP contribution is 2.31. The Hall–Kier alpha value is -0.650. The van der Waals surface area contributed by atoms with Crippen LogP contribution in [0.3, 0.4) is 0 Å². The Morgan fingerprint density at radius 2 is 2.21 bits per heavy atom. The summed E-state index contributed by atoms with van der Waals surface area (Å²) in [6.07, 6.45) is 4.36. The second kappa shape index (κ2) is 6.20. The largest absolute Gasteiger partial charge is 0.392 e. The number of thiocarbonyl (C=S) groups is 1. The Kier molecular flexibility index (Phi) is 4.81. The molecule has 1 aliphatic carbocycles. The minimum Gasteiger partial charge on any atom is -0.392 e. The van der Waals surface area contributed by atoms with Gasteiger partial charge in [-0.2, -0.15) is 0 Å². The van der Waals surface area contributed by atoms with Crippen LogP contribution in [0, 0.1) is 6.92 Å². The predicted octanol–water partition coefficient (Wildman–Crippen LogP) is 3.38. The summed E-state index contributed by atoms with van der Waals surface area (Å²) >= 11 is 12.5. The van der Waals surface area contributed by atoms with Crippen LogP contribution in [0.15, 0.2) is 5.38 Å². The number of hydrogen-bond donors (Lipinski definition) is 1. The van der Waals surface area contributed by atoms with Gasteiger partial charge in [0.1, 0.15) is 4.88 Å². The molecule has 0 spiro atoms. The summed E-state index contributed by atoms with van der Waals surface area (Å²) < 4.78 is 0. The highest BCUT2D eigenvalue weighted by Gasteiger charge is 2.29. The number of nitrogens with two attached hydrogens (primary N) is 1. The third kappa shape index (κ3) is 3.27. The molecule has 19 heavy (non-hydrogen) atoms. The number of amides is 1. The molecular weight excluding hydrogens is 300 g/mol. The Bertz CT molecular complexity index is 495. The van der Waals surface area contributed by atoms with E-state index in [1.54, 1.807) is 4.90 Å². The van der Waals surface area contributed by atoms with Gasteiger partial charge in [-0.3, -0.25) is 4.79 Å². The van der Waals surface area contributed by atoms with Gasteiger partial charge in [-0.05, 0) is 30.7 Å². The van der Waals surface area contributed by atoms with E-state index < -0.39 is 0 Å². The van der Waals surface area contributed by atoms with Gasteiger partial charge in [0.15, 0.2) is 0 Å². The van der Waals surface area contributed by atoms with E-state index in [1.165, 1.54) is 11.3 Å². The predicted molar refractivity (Wildman–Crippen MR) is 84.1 cm³/mol. The molecule has 3 nitrogen and oxygen atoms in total. The Morgan fingerprint density at radius 1 is 1.58 bits per heavy atom. The maximum atomic E-state index is 12.6. The van der Waals surface area contributed by atoms with Gasteiger partial charge < -0.3 is 10.6 Å². The van der Waals surface area contributed by atoms with Gasteiger partial charge in [-0.1, -0.05) is 36.7 Å². The van der Waals surface area contributed by atoms with Crippen molar-refractivity contribution in [1.82, 2.24) is 4.90 Å². The maximum absolute atomic E-state index is 12.6. The molecule has 0 aliphatic heterocycles. The fourth-order valence-corrected chi connectivity index (χ4v) is 3.82. The molecule has 1 amide bonds. The number of rotatable bonds is 4. The minimum atomic E-state index is -0.0391. The van der Waals surface area contributed by atoms with Crippen LogP contribution in [0.1, 0.15) is 40.9 Å². The van der Waals surface area contributed by atoms with Crippen LogP contribution in [0.4, 0.5) is 0 Å². The smallest absolute Gasteiger partial charge is 0.266 e. The van der Waals surface area contributed by atoms with Crippen molar-refractivity contribution in [3.63, 3.8) is 0 Å². The van der Waals surface area contributed by atoms with Gasteiger partial charge in [0.25, 0.3) is 5.91 Å². The van der Waals surface area contributed by atoms with Gasteiger partial charge >= 0.3 is 0 Å². The molecular formula is C13H17ClN2OS2. The van der Waals surface area contributed by atoms with Gasteiger partial charge in [-0.15, -0.1) is 11.3 Å². The van der Waals surface area contributed by atoms with E-state index in [4.69, 9.17) is 29.6 Å². The van der Waals surface area contributed by atoms with E-state index in [0.29, 0.717) is 21.4 Å². The van der Waals surface area contributed by atoms with Crippen molar-refractivity contribution in [2.75, 3.05) is 6.54 Å². The summed E-state index contributed by atoms with van der Waals surface area (Å²) in [6.45, 7) is 2.25. The molecule has 2 N–H and O–H groups in total. The van der Waals surface area contributed by atoms with Gasteiger partial charge in [-0.25, -0.2) is 0 Å². The summed E-state index contributed by atoms with van der Waals surface area (Å²) in [5, 5.41) is 2.46. The second-order valence-electron chi connectivity index (χ2n) is 4.90. The zero-order valence-corrected chi connectivity index (χ0v) is 13.2. The van der Waals surface area contributed by atoms with Crippen LogP contribution in [-0.2, 0) is 0 Å². The monoisotopic (exact) mass is 316 g/mol. The average molecular weight is 317 g/mol. The zero-order valence-electron chi connectivity index (χ0n) is 10.8. The second-order valence-corrected chi connectivity index (χ2v) is 6.68. The first-order chi connectivity index (χ1) is 9.00. The zero-order chi connectivity index (χ0) is 14.0. The van der Waals surface area contributed by atoms with E-state index in [-0.39, 0.29) is 11.9 Å². The fourth-order valence-electron chi connectivity index (χ4n) is 2.46. The lowest BCUT2D eigenvalue weighted by molar-refractivity contribution is 0.0720. The van der Waals surface area contributed by atoms with Crippen LogP contribution in [0.25, 0.3) is 0 Å². The fraction of sp³-hybridized carbons (Fsp3) is 0.538. The maximum Gasteiger partial charge on any atom is 0.266 e. The molecule has 1 saturated carbocycles. The molecule has 1 heterocycles. The minimum absolute atomic E-state index is 0.0391. The molecule has 6 heteroatoms. The van der Waals surface area contributed by atoms with Gasteiger partial charge in [0.2, 0.25) is 0 Å². The van der Waals surface area contributed by atoms with Crippen molar-refractivity contribution in [2.24, 2.45) is 5.73 Å². The third-order valence-electron chi connectivity index (χ3n) is 3.45. The number of nitrogens with zero attached hydrogens (tertiary/aromatic N) is 1. The lowest BCUT2D eigenvalue weighted by Crippen LogP contribution is -2.43. The topological polar surface area (TPSA) is 46.3 Å². The summed E-state index contributed by atoms with van der Waals surface area (Å²) in [5.41, 5.74) is 6.57. The first-order valence-corrected chi connectivity index (χ1v) is 8.00. The van der Waals surface area contributed by atoms with Crippen molar-refractivity contribution < 1.29 is 4.79 Å². The van der Waals surface area contributed by atoms with Crippen molar-refractivity contribution in [2.45, 2.75) is 38.6 Å². The molecule has 0 aromatic carbocycles. The van der Waals surface area contributed by atoms with E-state index in [2.05, 4.69) is 0 Å². The van der Waals surface area contributed by atoms with Crippen LogP contribution in [-0.4, -0.2) is 28.4 Å². The number of halogens is 1. The standard InChI is InChI=1S/C13H17ClN2OS2/c1-8-7-19-12(11(8)14)13(17)16(6-10(15)18)9-4-2-3-5-9/h7,9H,2-6H2,1H3,(H2,15,18). The van der Waals surface area contributed by atoms with Crippen LogP contribution >= 0.6 is 35.2 Å². The molecule has 0 bridgehead atoms. The SMILES string of the molecule is Cc1csc(C(=O)N(CC(N)=S)C2CCCC2)c1Cl. The summed E-state index contributed by atoms with van der Waals surface area (Å²) in [6, 6.07) is 0.243. The van der Waals surface area contributed by atoms with Crippen molar-refractivity contribution in [1.29, 1.82) is 0 Å². The van der Waals surface area contributed by atoms with Crippen molar-refractivity contribution >= 4 is 46.1 Å². The number of carbonyl (C=O) groups is 1. The van der Waals surface area contributed by atoms with E-state index in [1.807, 2.05) is 12.3 Å². The summed E-state index contributed by atoms with van der Waals surface area (Å²) in [4.78, 5) is 15.4. The molecule has 0 saturated heterocycles. The van der Waals surface area contributed by atoms with E-state index in [9.17, 15) is 4.79 Å². The average Bonchev–Trinajstić information content (AvgIpc) is 2.97. The summed E-state index contributed by atoms with van der Waals surface area (Å²) in [7, 11) is 0. The van der Waals surface area contributed by atoms with Crippen LogP contribution in [0.2, 0.25) is 5.02 Å². The molecule has 1 aromatic rings. The number of hydrogen-bond acceptors (Lipinski definition) is 3. The van der Waals surface area contributed by atoms with Crippen LogP contribution < -0.4 is 5.73 Å². The Morgan fingerprint density at radius 3 is 2.68 bits per heavy atom. The number of aryl methyl sites for hydroxylation is 1. The molecule has 1 aliphatic rings. The number of carbonyl (C=O) groups excluding carboxylic acids is 1. The molecule has 1 aromatic heterocycles. The highest BCUT2D eigenvalue weighted by molar-refractivity contribution is 7.80. The van der Waals surface area contributed by atoms with Crippen LogP contribution in [0.5, 0.6) is 0 Å².